The molecule has 0 saturated heterocycles. The Labute approximate surface area is 121 Å². The van der Waals surface area contributed by atoms with Crippen LogP contribution >= 0.6 is 0 Å². The molecular formula is C13H11N3O4S. The molecule has 2 rings (SSSR count). The number of nitriles is 1. The molecule has 0 radical (unpaired) electrons. The first-order valence-electron chi connectivity index (χ1n) is 5.86. The van der Waals surface area contributed by atoms with E-state index in [9.17, 15) is 18.0 Å². The molecule has 1 heterocycles. The summed E-state index contributed by atoms with van der Waals surface area (Å²) >= 11 is 0. The van der Waals surface area contributed by atoms with Crippen molar-refractivity contribution in [2.45, 2.75) is 11.8 Å². The number of sulfonamides is 1. The van der Waals surface area contributed by atoms with E-state index in [-0.39, 0.29) is 21.7 Å². The van der Waals surface area contributed by atoms with Gasteiger partial charge in [0.05, 0.1) is 5.56 Å². The summed E-state index contributed by atoms with van der Waals surface area (Å²) in [5, 5.41) is 8.85. The number of carbonyl (C=O) groups excluding carboxylic acids is 2. The lowest BCUT2D eigenvalue weighted by Gasteiger charge is -2.13. The van der Waals surface area contributed by atoms with E-state index in [0.717, 1.165) is 0 Å². The summed E-state index contributed by atoms with van der Waals surface area (Å²) in [6.07, 6.45) is 0. The van der Waals surface area contributed by atoms with Crippen molar-refractivity contribution in [1.82, 2.24) is 4.31 Å². The number of hydrogen-bond donors (Lipinski definition) is 1. The lowest BCUT2D eigenvalue weighted by Crippen LogP contribution is -2.35. The van der Waals surface area contributed by atoms with Gasteiger partial charge in [0.1, 0.15) is 23.1 Å². The van der Waals surface area contributed by atoms with Crippen LogP contribution in [0.1, 0.15) is 17.3 Å². The highest BCUT2D eigenvalue weighted by Crippen LogP contribution is 2.29. The van der Waals surface area contributed by atoms with Gasteiger partial charge in [-0.3, -0.25) is 9.59 Å². The molecule has 0 saturated carbocycles. The van der Waals surface area contributed by atoms with Crippen LogP contribution in [-0.2, 0) is 14.8 Å². The molecule has 0 unspecified atom stereocenters. The predicted molar refractivity (Wildman–Crippen MR) is 72.2 cm³/mol. The molecule has 1 aromatic carbocycles. The summed E-state index contributed by atoms with van der Waals surface area (Å²) in [6.45, 7) is 0.610. The lowest BCUT2D eigenvalue weighted by atomic mass is 10.1. The minimum Gasteiger partial charge on any atom is -0.401 e. The Morgan fingerprint density at radius 2 is 2.00 bits per heavy atom. The number of rotatable bonds is 3. The standard InChI is InChI=1S/C13H11N3O4S/c1-8(15)10(6-14)11(17)7-16-13(18)9-4-2-3-5-12(9)21(16,19)20/h2-5H,7,15H2,1H3/b10-8+. The second-order valence-electron chi connectivity index (χ2n) is 4.41. The van der Waals surface area contributed by atoms with Crippen molar-refractivity contribution in [3.63, 3.8) is 0 Å². The molecule has 0 spiro atoms. The zero-order valence-electron chi connectivity index (χ0n) is 11.0. The maximum Gasteiger partial charge on any atom is 0.269 e. The number of fused-ring (bicyclic) bond motifs is 1. The van der Waals surface area contributed by atoms with Crippen molar-refractivity contribution < 1.29 is 18.0 Å². The van der Waals surface area contributed by atoms with Gasteiger partial charge in [-0.15, -0.1) is 0 Å². The molecule has 1 aliphatic heterocycles. The fraction of sp³-hybridized carbons (Fsp3) is 0.154. The average molecular weight is 305 g/mol. The van der Waals surface area contributed by atoms with Crippen LogP contribution in [0.25, 0.3) is 0 Å². The number of benzene rings is 1. The van der Waals surface area contributed by atoms with E-state index in [0.29, 0.717) is 4.31 Å². The summed E-state index contributed by atoms with van der Waals surface area (Å²) in [5.41, 5.74) is 5.03. The molecule has 0 bridgehead atoms. The molecular weight excluding hydrogens is 294 g/mol. The molecule has 8 heteroatoms. The zero-order valence-corrected chi connectivity index (χ0v) is 11.8. The van der Waals surface area contributed by atoms with Crippen LogP contribution in [0.4, 0.5) is 0 Å². The molecule has 0 atom stereocenters. The SMILES string of the molecule is C/C(N)=C(/C#N)C(=O)CN1C(=O)c2ccccc2S1(=O)=O. The molecule has 108 valence electrons. The Bertz CT molecular complexity index is 814. The minimum atomic E-state index is -4.07. The highest BCUT2D eigenvalue weighted by Gasteiger charge is 2.42. The van der Waals surface area contributed by atoms with Gasteiger partial charge in [-0.05, 0) is 19.1 Å². The van der Waals surface area contributed by atoms with Crippen LogP contribution in [0.15, 0.2) is 40.4 Å². The number of nitrogens with zero attached hydrogens (tertiary/aromatic N) is 2. The summed E-state index contributed by atoms with van der Waals surface area (Å²) in [5.74, 6) is -1.60. The minimum absolute atomic E-state index is 0.0113. The first-order valence-corrected chi connectivity index (χ1v) is 7.30. The highest BCUT2D eigenvalue weighted by atomic mass is 32.2. The van der Waals surface area contributed by atoms with Crippen LogP contribution in [0, 0.1) is 11.3 Å². The Kier molecular flexibility index (Phi) is 3.53. The number of amides is 1. The van der Waals surface area contributed by atoms with Gasteiger partial charge in [0.2, 0.25) is 0 Å². The highest BCUT2D eigenvalue weighted by molar-refractivity contribution is 7.90. The Hall–Kier alpha value is -2.66. The van der Waals surface area contributed by atoms with Crippen molar-refractivity contribution in [2.75, 3.05) is 6.54 Å². The van der Waals surface area contributed by atoms with E-state index < -0.39 is 28.3 Å². The van der Waals surface area contributed by atoms with Crippen LogP contribution in [-0.4, -0.2) is 31.0 Å². The molecule has 0 aromatic heterocycles. The van der Waals surface area contributed by atoms with Gasteiger partial charge in [0, 0.05) is 5.70 Å². The number of hydrogen-bond acceptors (Lipinski definition) is 6. The smallest absolute Gasteiger partial charge is 0.269 e. The van der Waals surface area contributed by atoms with Crippen LogP contribution < -0.4 is 5.73 Å². The molecule has 1 aliphatic rings. The fourth-order valence-corrected chi connectivity index (χ4v) is 3.49. The summed E-state index contributed by atoms with van der Waals surface area (Å²) in [7, 11) is -4.07. The molecule has 7 nitrogen and oxygen atoms in total. The van der Waals surface area contributed by atoms with Gasteiger partial charge in [-0.25, -0.2) is 12.7 Å². The quantitative estimate of drug-likeness (QED) is 0.627. The third kappa shape index (κ3) is 2.28. The summed E-state index contributed by atoms with van der Waals surface area (Å²) in [4.78, 5) is 23.9. The Morgan fingerprint density at radius 3 is 2.52 bits per heavy atom. The van der Waals surface area contributed by atoms with Crippen molar-refractivity contribution >= 4 is 21.7 Å². The zero-order chi connectivity index (χ0) is 15.8. The van der Waals surface area contributed by atoms with E-state index >= 15 is 0 Å². The number of nitrogens with two attached hydrogens (primary N) is 1. The van der Waals surface area contributed by atoms with Crippen molar-refractivity contribution in [2.24, 2.45) is 5.73 Å². The maximum atomic E-state index is 12.2. The number of allylic oxidation sites excluding steroid dienone is 1. The predicted octanol–water partition coefficient (Wildman–Crippen LogP) is 0.156. The molecule has 2 N–H and O–H groups in total. The van der Waals surface area contributed by atoms with Gasteiger partial charge in [0.15, 0.2) is 5.78 Å². The Balaban J connectivity index is 2.41. The Morgan fingerprint density at radius 1 is 1.38 bits per heavy atom. The molecule has 0 fully saturated rings. The van der Waals surface area contributed by atoms with Crippen molar-refractivity contribution in [1.29, 1.82) is 5.26 Å². The van der Waals surface area contributed by atoms with Gasteiger partial charge in [0.25, 0.3) is 15.9 Å². The second kappa shape index (κ2) is 5.03. The average Bonchev–Trinajstić information content (AvgIpc) is 2.61. The monoisotopic (exact) mass is 305 g/mol. The third-order valence-electron chi connectivity index (χ3n) is 2.98. The van der Waals surface area contributed by atoms with E-state index in [2.05, 4.69) is 0 Å². The first-order chi connectivity index (χ1) is 9.80. The van der Waals surface area contributed by atoms with Gasteiger partial charge >= 0.3 is 0 Å². The topological polar surface area (TPSA) is 121 Å². The van der Waals surface area contributed by atoms with Crippen LogP contribution in [0.3, 0.4) is 0 Å². The van der Waals surface area contributed by atoms with E-state index in [4.69, 9.17) is 11.0 Å². The van der Waals surface area contributed by atoms with E-state index in [1.165, 1.54) is 31.2 Å². The van der Waals surface area contributed by atoms with Crippen molar-refractivity contribution in [3.8, 4) is 6.07 Å². The molecule has 1 aromatic rings. The largest absolute Gasteiger partial charge is 0.401 e. The second-order valence-corrected chi connectivity index (χ2v) is 6.24. The number of Topliss-reactive ketones (excluding diaryl/α,β-unsaturated/α-hetero) is 1. The number of carbonyl (C=O) groups is 2. The molecule has 0 aliphatic carbocycles. The van der Waals surface area contributed by atoms with Gasteiger partial charge in [-0.1, -0.05) is 12.1 Å². The van der Waals surface area contributed by atoms with Gasteiger partial charge < -0.3 is 5.73 Å². The molecule has 1 amide bonds. The first kappa shape index (κ1) is 14.7. The van der Waals surface area contributed by atoms with Crippen molar-refractivity contribution in [3.05, 3.63) is 41.1 Å². The van der Waals surface area contributed by atoms with E-state index in [1.807, 2.05) is 0 Å². The lowest BCUT2D eigenvalue weighted by molar-refractivity contribution is -0.115. The van der Waals surface area contributed by atoms with E-state index in [1.54, 1.807) is 6.07 Å². The third-order valence-corrected chi connectivity index (χ3v) is 4.77. The number of ketones is 1. The normalized spacial score (nSPS) is 17.0. The fourth-order valence-electron chi connectivity index (χ4n) is 1.97. The summed E-state index contributed by atoms with van der Waals surface area (Å²) < 4.78 is 24.9. The van der Waals surface area contributed by atoms with Crippen LogP contribution in [0.5, 0.6) is 0 Å². The summed E-state index contributed by atoms with van der Waals surface area (Å²) in [6, 6.07) is 7.29. The van der Waals surface area contributed by atoms with Crippen LogP contribution in [0.2, 0.25) is 0 Å². The maximum absolute atomic E-state index is 12.2. The van der Waals surface area contributed by atoms with Gasteiger partial charge in [-0.2, -0.15) is 5.26 Å². The molecule has 21 heavy (non-hydrogen) atoms.